The van der Waals surface area contributed by atoms with Gasteiger partial charge in [-0.1, -0.05) is 19.1 Å². The van der Waals surface area contributed by atoms with E-state index in [4.69, 9.17) is 24.9 Å². The molecule has 25 rings (SSSR count). The van der Waals surface area contributed by atoms with Crippen molar-refractivity contribution in [3.05, 3.63) is 315 Å². The highest BCUT2D eigenvalue weighted by molar-refractivity contribution is 5.74. The minimum atomic E-state index is -0.107. The number of anilines is 3. The van der Waals surface area contributed by atoms with Gasteiger partial charge in [0.1, 0.15) is 56.6 Å². The summed E-state index contributed by atoms with van der Waals surface area (Å²) in [6, 6.07) is 37.9. The zero-order valence-corrected chi connectivity index (χ0v) is 87.9. The third kappa shape index (κ3) is 20.7. The molecule has 36 heteroatoms. The van der Waals surface area contributed by atoms with Crippen molar-refractivity contribution in [1.82, 2.24) is 135 Å². The number of nitrogens with one attached hydrogen (secondary N) is 2. The van der Waals surface area contributed by atoms with Gasteiger partial charge in [-0.15, -0.1) is 0 Å². The highest BCUT2D eigenvalue weighted by Crippen LogP contribution is 2.35. The van der Waals surface area contributed by atoms with E-state index < -0.39 is 0 Å². The number of pyridine rings is 7. The first kappa shape index (κ1) is 99.2. The summed E-state index contributed by atoms with van der Waals surface area (Å²) in [7, 11) is 4.32. The Morgan fingerprint density at radius 2 is 0.705 bits per heavy atom. The van der Waals surface area contributed by atoms with Crippen LogP contribution in [0.3, 0.4) is 0 Å². The molecule has 5 aliphatic heterocycles. The van der Waals surface area contributed by atoms with E-state index in [1.165, 1.54) is 11.1 Å². The average Bonchev–Trinajstić information content (AvgIpc) is 1.63. The van der Waals surface area contributed by atoms with E-state index in [9.17, 15) is 24.0 Å². The minimum Gasteiger partial charge on any atom is -0.368 e. The fraction of sp³-hybridized carbons (Fsp3) is 0.363. The summed E-state index contributed by atoms with van der Waals surface area (Å²) in [5, 5.41) is 20.9. The first-order valence-electron chi connectivity index (χ1n) is 51.6. The number of aryl methyl sites for hydroxylation is 11. The van der Waals surface area contributed by atoms with Crippen LogP contribution >= 0.6 is 0 Å². The van der Waals surface area contributed by atoms with Crippen molar-refractivity contribution in [2.45, 2.75) is 172 Å². The number of piperidine rings is 2. The monoisotopic (exact) mass is 2000 g/mol. The standard InChI is InChI=1S/2C23H27N7O.C23H25N5O.C22H25N7O.C22H23N5O/c1-13-6-18(28-9-14(2)24-15(3)10-28)12-29-22(31)8-19(26-23(13)29)20-7-21-17(5)25-16(4)11-30(21)27-20;1-14-8-18(28-7-6-27(5)16(3)12-28)13-29-22(31)10-19(25-23(14)29)20-9-21-17(4)24-15(2)11-30(21)26-20;1-3-26-9-6-17(7-10-26)19-4-5-21-25-20(13-23(29)28(21)15-19)18-8-11-27-14-16(2)24-22(27)12-18;1-13-7-17(27-6-5-23-14(2)10-27)12-28-21(30)9-18(25-22(13)28)19-8-20-16(4)24-15(3)11-29(20)26-19;1-15-13-26-10-7-17(11-21(26)23-15)19-12-22(28)27-14-18(3-4-20(27)24-19)16-5-8-25(2)9-6-16/h6-8,11-12,14-15,24H,9-10H2,1-5H3;8-11,13,16H,6-7,12H2,1-5H3;4-5,8,11-15,17H,3,6-7,9-10H2,1-2H3;7-9,11-12,14,23H,5-6,10H2,1-4H3;3-4,7,10-14,16H,5-6,8-9H2,1-2H3/t14-,15+;16-;;14-;/m.0.0./s1. The average molecular weight is 2000 g/mol. The second-order valence-electron chi connectivity index (χ2n) is 41.3. The lowest BCUT2D eigenvalue weighted by Gasteiger charge is -2.39. The number of fused-ring (bicyclic) bond motifs is 10. The van der Waals surface area contributed by atoms with Gasteiger partial charge in [0, 0.05) is 174 Å². The molecular weight excluding hydrogens is 1870 g/mol. The molecule has 20 aromatic rings. The Morgan fingerprint density at radius 1 is 0.329 bits per heavy atom. The maximum Gasteiger partial charge on any atom is 0.258 e. The van der Waals surface area contributed by atoms with E-state index in [0.29, 0.717) is 110 Å². The maximum absolute atomic E-state index is 13.1. The molecule has 36 nitrogen and oxygen atoms in total. The SMILES string of the molecule is CCN1CCC(c2ccc3nc(-c4ccn5cc(C)nc5c4)cc(=O)n3c2)CC1.Cc1cn2ccc(-c3cc(=O)n4cc(C5CCN(C)CC5)ccc4n3)cc2n1.Cc1cn2nc(-c3cc(=O)n4cc(N5CCN(C)[C@@H](C)C5)cc(C)c4n3)cc2c(C)n1.Cc1cn2nc(-c3cc(=O)n4cc(N5CCN[C@@H](C)C5)cc(C)c4n3)cc2c(C)n1.Cc1cn2nc(-c3cc(=O)n4cc(N5C[C@@H](C)N[C@@H](C)C5)cc(C)c4n3)cc2c(C)n1. The summed E-state index contributed by atoms with van der Waals surface area (Å²) in [5.41, 5.74) is 30.1. The summed E-state index contributed by atoms with van der Waals surface area (Å²) in [5.74, 6) is 1.03. The topological polar surface area (TPSA) is 341 Å². The van der Waals surface area contributed by atoms with Crippen LogP contribution in [0.5, 0.6) is 0 Å². The van der Waals surface area contributed by atoms with Crippen LogP contribution in [0.2, 0.25) is 0 Å². The van der Waals surface area contributed by atoms with Crippen molar-refractivity contribution < 1.29 is 0 Å². The largest absolute Gasteiger partial charge is 0.368 e. The number of aromatic nitrogens is 23. The molecule has 0 spiro atoms. The molecule has 25 heterocycles. The van der Waals surface area contributed by atoms with Gasteiger partial charge >= 0.3 is 0 Å². The van der Waals surface area contributed by atoms with Crippen LogP contribution in [0.1, 0.15) is 146 Å². The lowest BCUT2D eigenvalue weighted by molar-refractivity contribution is 0.222. The van der Waals surface area contributed by atoms with E-state index >= 15 is 0 Å². The Bertz CT molecular complexity index is 8920. The number of piperazine rings is 3. The van der Waals surface area contributed by atoms with E-state index in [-0.39, 0.29) is 27.8 Å². The fourth-order valence-corrected chi connectivity index (χ4v) is 21.7. The highest BCUT2D eigenvalue weighted by Gasteiger charge is 2.29. The third-order valence-corrected chi connectivity index (χ3v) is 29.7. The van der Waals surface area contributed by atoms with Gasteiger partial charge in [-0.25, -0.2) is 48.4 Å². The zero-order valence-electron chi connectivity index (χ0n) is 87.9. The Balaban J connectivity index is 0.000000109. The van der Waals surface area contributed by atoms with E-state index in [2.05, 4.69) is 159 Å². The molecule has 5 saturated heterocycles. The number of nitrogens with zero attached hydrogens (tertiary/aromatic N) is 29. The van der Waals surface area contributed by atoms with Crippen molar-refractivity contribution in [2.24, 2.45) is 0 Å². The molecule has 0 unspecified atom stereocenters. The lowest BCUT2D eigenvalue weighted by atomic mass is 9.90. The Hall–Kier alpha value is -15.8. The van der Waals surface area contributed by atoms with Gasteiger partial charge in [0.05, 0.1) is 126 Å². The van der Waals surface area contributed by atoms with Crippen molar-refractivity contribution >= 4 is 73.1 Å². The lowest BCUT2D eigenvalue weighted by Crippen LogP contribution is -2.54. The normalized spacial score (nSPS) is 17.4. The molecule has 0 saturated carbocycles. The molecule has 4 atom stereocenters. The molecule has 149 heavy (non-hydrogen) atoms. The van der Waals surface area contributed by atoms with Crippen LogP contribution in [0.25, 0.3) is 113 Å². The highest BCUT2D eigenvalue weighted by atomic mass is 16.1. The second-order valence-corrected chi connectivity index (χ2v) is 41.3. The van der Waals surface area contributed by atoms with Crippen LogP contribution in [0, 0.1) is 76.2 Å². The van der Waals surface area contributed by atoms with Crippen LogP contribution in [0.4, 0.5) is 17.1 Å². The number of rotatable bonds is 11. The third-order valence-electron chi connectivity index (χ3n) is 29.7. The van der Waals surface area contributed by atoms with Gasteiger partial charge in [-0.2, -0.15) is 15.3 Å². The molecule has 20 aromatic heterocycles. The smallest absolute Gasteiger partial charge is 0.258 e. The summed E-state index contributed by atoms with van der Waals surface area (Å²) in [6.45, 7) is 45.7. The van der Waals surface area contributed by atoms with E-state index in [1.807, 2.05) is 214 Å². The Labute approximate surface area is 860 Å². The molecule has 0 bridgehead atoms. The zero-order chi connectivity index (χ0) is 104. The number of hydrogen-bond donors (Lipinski definition) is 2. The first-order chi connectivity index (χ1) is 71.6. The van der Waals surface area contributed by atoms with Gasteiger partial charge in [0.25, 0.3) is 27.8 Å². The van der Waals surface area contributed by atoms with Gasteiger partial charge in [-0.05, 0) is 289 Å². The van der Waals surface area contributed by atoms with Crippen molar-refractivity contribution in [1.29, 1.82) is 0 Å². The number of imidazole rings is 2. The van der Waals surface area contributed by atoms with Crippen LogP contribution in [-0.2, 0) is 0 Å². The summed E-state index contributed by atoms with van der Waals surface area (Å²) < 4.78 is 17.7. The number of hydrogen-bond acceptors (Lipinski definition) is 26. The van der Waals surface area contributed by atoms with Gasteiger partial charge < -0.3 is 48.8 Å². The van der Waals surface area contributed by atoms with Crippen LogP contribution in [-0.4, -0.2) is 248 Å². The fourth-order valence-electron chi connectivity index (χ4n) is 21.7. The molecule has 764 valence electrons. The molecule has 0 aromatic carbocycles. The molecular formula is C113H127N31O5. The van der Waals surface area contributed by atoms with E-state index in [0.717, 1.165) is 229 Å². The van der Waals surface area contributed by atoms with Gasteiger partial charge in [-0.3, -0.25) is 60.9 Å². The molecule has 0 radical (unpaired) electrons. The number of likely N-dealkylation sites (N-methyl/N-ethyl adjacent to an activating group) is 1. The molecule has 5 aliphatic rings. The predicted octanol–water partition coefficient (Wildman–Crippen LogP) is 13.8. The second kappa shape index (κ2) is 40.8. The van der Waals surface area contributed by atoms with Gasteiger partial charge in [0.15, 0.2) is 0 Å². The van der Waals surface area contributed by atoms with Crippen molar-refractivity contribution in [3.8, 4) is 56.7 Å². The van der Waals surface area contributed by atoms with Crippen molar-refractivity contribution in [3.63, 3.8) is 0 Å². The molecule has 5 fully saturated rings. The molecule has 2 N–H and O–H groups in total. The van der Waals surface area contributed by atoms with Gasteiger partial charge in [0.2, 0.25) is 0 Å². The van der Waals surface area contributed by atoms with Crippen LogP contribution < -0.4 is 53.1 Å². The Morgan fingerprint density at radius 3 is 1.11 bits per heavy atom. The molecule has 0 aliphatic carbocycles. The minimum absolute atomic E-state index is 0.0442. The summed E-state index contributed by atoms with van der Waals surface area (Å²) >= 11 is 0. The first-order valence-corrected chi connectivity index (χ1v) is 51.6. The number of likely N-dealkylation sites (tertiary alicyclic amines) is 2. The van der Waals surface area contributed by atoms with Crippen LogP contribution in [0.15, 0.2) is 214 Å². The predicted molar refractivity (Wildman–Crippen MR) is 586 cm³/mol. The van der Waals surface area contributed by atoms with Crippen molar-refractivity contribution in [2.75, 3.05) is 114 Å². The quantitative estimate of drug-likeness (QED) is 0.121. The maximum atomic E-state index is 13.1. The summed E-state index contributed by atoms with van der Waals surface area (Å²) in [4.78, 5) is 125. The Kier molecular flexibility index (Phi) is 27.2. The molecule has 0 amide bonds. The summed E-state index contributed by atoms with van der Waals surface area (Å²) in [6.07, 6.45) is 27.8. The van der Waals surface area contributed by atoms with E-state index in [1.54, 1.807) is 65.9 Å².